The third-order valence-corrected chi connectivity index (χ3v) is 6.72. The molecule has 1 aromatic heterocycles. The molecule has 2 fully saturated rings. The van der Waals surface area contributed by atoms with Gasteiger partial charge in [-0.05, 0) is 37.1 Å². The van der Waals surface area contributed by atoms with Gasteiger partial charge in [0, 0.05) is 49.8 Å². The van der Waals surface area contributed by atoms with Gasteiger partial charge < -0.3 is 24.6 Å². The molecule has 3 heterocycles. The van der Waals surface area contributed by atoms with E-state index in [9.17, 15) is 4.79 Å². The molecule has 0 bridgehead atoms. The smallest absolute Gasteiger partial charge is 0.255 e. The van der Waals surface area contributed by atoms with Crippen molar-refractivity contribution in [1.29, 1.82) is 0 Å². The van der Waals surface area contributed by atoms with E-state index in [1.807, 2.05) is 11.8 Å². The fraction of sp³-hybridized carbons (Fsp3) is 0.500. The van der Waals surface area contributed by atoms with Gasteiger partial charge in [-0.3, -0.25) is 4.79 Å². The molecule has 2 aromatic rings. The summed E-state index contributed by atoms with van der Waals surface area (Å²) >= 11 is 1.99. The zero-order chi connectivity index (χ0) is 21.6. The van der Waals surface area contributed by atoms with E-state index in [0.29, 0.717) is 17.1 Å². The predicted octanol–water partition coefficient (Wildman–Crippen LogP) is 2.45. The van der Waals surface area contributed by atoms with E-state index in [1.165, 1.54) is 0 Å². The lowest BCUT2D eigenvalue weighted by atomic mass is 10.0. The lowest BCUT2D eigenvalue weighted by Gasteiger charge is -2.33. The fourth-order valence-electron chi connectivity index (χ4n) is 3.95. The predicted molar refractivity (Wildman–Crippen MR) is 124 cm³/mol. The molecular weight excluding hydrogens is 414 g/mol. The quantitative estimate of drug-likeness (QED) is 0.729. The highest BCUT2D eigenvalue weighted by Crippen LogP contribution is 2.25. The number of nitrogens with one attached hydrogen (secondary N) is 1. The van der Waals surface area contributed by atoms with Crippen LogP contribution in [-0.4, -0.2) is 74.1 Å². The van der Waals surface area contributed by atoms with Crippen LogP contribution in [0.25, 0.3) is 0 Å². The Morgan fingerprint density at radius 1 is 0.968 bits per heavy atom. The molecule has 0 aliphatic carbocycles. The summed E-state index contributed by atoms with van der Waals surface area (Å²) in [5.41, 5.74) is 0.517. The number of nitrogens with zero attached hydrogens (tertiary/aromatic N) is 4. The Kier molecular flexibility index (Phi) is 7.01. The number of amides is 1. The second kappa shape index (κ2) is 10.1. The molecule has 0 atom stereocenters. The van der Waals surface area contributed by atoms with Crippen LogP contribution in [0.2, 0.25) is 0 Å². The molecule has 1 N–H and O–H groups in total. The number of hydrogen-bond donors (Lipinski definition) is 1. The largest absolute Gasteiger partial charge is 0.497 e. The first-order valence-electron chi connectivity index (χ1n) is 10.6. The van der Waals surface area contributed by atoms with Crippen LogP contribution in [0.3, 0.4) is 0 Å². The molecule has 166 valence electrons. The van der Waals surface area contributed by atoms with E-state index in [2.05, 4.69) is 37.4 Å². The van der Waals surface area contributed by atoms with Crippen molar-refractivity contribution >= 4 is 29.3 Å². The molecule has 1 aromatic carbocycles. The van der Waals surface area contributed by atoms with Gasteiger partial charge in [-0.15, -0.1) is 10.2 Å². The van der Waals surface area contributed by atoms with Crippen molar-refractivity contribution in [2.45, 2.75) is 18.9 Å². The van der Waals surface area contributed by atoms with Gasteiger partial charge in [0.25, 0.3) is 5.91 Å². The molecule has 0 unspecified atom stereocenters. The van der Waals surface area contributed by atoms with Crippen LogP contribution in [0.5, 0.6) is 11.5 Å². The van der Waals surface area contributed by atoms with Crippen LogP contribution >= 0.6 is 11.8 Å². The van der Waals surface area contributed by atoms with Gasteiger partial charge in [0.15, 0.2) is 11.6 Å². The van der Waals surface area contributed by atoms with Crippen LogP contribution in [0.1, 0.15) is 23.2 Å². The monoisotopic (exact) mass is 443 g/mol. The molecule has 8 nitrogen and oxygen atoms in total. The van der Waals surface area contributed by atoms with Gasteiger partial charge in [0.1, 0.15) is 11.5 Å². The van der Waals surface area contributed by atoms with Crippen molar-refractivity contribution in [3.05, 3.63) is 35.9 Å². The van der Waals surface area contributed by atoms with Crippen LogP contribution in [0.15, 0.2) is 30.3 Å². The topological polar surface area (TPSA) is 79.8 Å². The summed E-state index contributed by atoms with van der Waals surface area (Å²) in [4.78, 5) is 17.3. The number of hydrogen-bond acceptors (Lipinski definition) is 8. The average molecular weight is 444 g/mol. The number of rotatable bonds is 6. The fourth-order valence-corrected chi connectivity index (χ4v) is 4.85. The second-order valence-electron chi connectivity index (χ2n) is 7.65. The Hall–Kier alpha value is -2.68. The molecular formula is C22H29N5O3S. The number of anilines is 2. The van der Waals surface area contributed by atoms with Crippen LogP contribution < -0.4 is 24.6 Å². The van der Waals surface area contributed by atoms with Crippen molar-refractivity contribution in [3.8, 4) is 11.5 Å². The van der Waals surface area contributed by atoms with Crippen LogP contribution in [-0.2, 0) is 0 Å². The first kappa shape index (κ1) is 21.5. The first-order valence-corrected chi connectivity index (χ1v) is 11.8. The molecule has 2 saturated heterocycles. The Balaban J connectivity index is 1.31. The van der Waals surface area contributed by atoms with Crippen LogP contribution in [0.4, 0.5) is 11.6 Å². The van der Waals surface area contributed by atoms with Crippen molar-refractivity contribution in [3.63, 3.8) is 0 Å². The summed E-state index contributed by atoms with van der Waals surface area (Å²) < 4.78 is 10.6. The number of thioether (sulfide) groups is 1. The molecule has 2 aliphatic heterocycles. The SMILES string of the molecule is COc1ccc(C(=O)NC2CCN(c3ccc(N4CCSCC4)nn3)CC2)c(OC)c1. The Bertz CT molecular complexity index is 881. The minimum Gasteiger partial charge on any atom is -0.497 e. The second-order valence-corrected chi connectivity index (χ2v) is 8.87. The summed E-state index contributed by atoms with van der Waals surface area (Å²) in [5, 5.41) is 12.1. The van der Waals surface area contributed by atoms with E-state index in [4.69, 9.17) is 9.47 Å². The third kappa shape index (κ3) is 5.15. The summed E-state index contributed by atoms with van der Waals surface area (Å²) in [5.74, 6) is 5.19. The standard InChI is InChI=1S/C22H29N5O3S/c1-29-17-3-4-18(19(15-17)30-2)22(28)23-16-7-9-26(10-8-16)20-5-6-21(25-24-20)27-11-13-31-14-12-27/h3-6,15-16H,7-14H2,1-2H3,(H,23,28). The summed E-state index contributed by atoms with van der Waals surface area (Å²) in [6.45, 7) is 3.73. The number of methoxy groups -OCH3 is 2. The molecule has 9 heteroatoms. The minimum atomic E-state index is -0.123. The van der Waals surface area contributed by atoms with Gasteiger partial charge in [-0.1, -0.05) is 0 Å². The molecule has 2 aliphatic rings. The summed E-state index contributed by atoms with van der Waals surface area (Å²) in [6.07, 6.45) is 1.72. The van der Waals surface area contributed by atoms with Crippen LogP contribution in [0, 0.1) is 0 Å². The molecule has 0 radical (unpaired) electrons. The average Bonchev–Trinajstić information content (AvgIpc) is 2.84. The van der Waals surface area contributed by atoms with Gasteiger partial charge >= 0.3 is 0 Å². The summed E-state index contributed by atoms with van der Waals surface area (Å²) in [7, 11) is 3.15. The highest BCUT2D eigenvalue weighted by molar-refractivity contribution is 7.99. The van der Waals surface area contributed by atoms with Gasteiger partial charge in [-0.2, -0.15) is 11.8 Å². The molecule has 0 spiro atoms. The van der Waals surface area contributed by atoms with Crippen molar-refractivity contribution < 1.29 is 14.3 Å². The van der Waals surface area contributed by atoms with E-state index in [1.54, 1.807) is 32.4 Å². The van der Waals surface area contributed by atoms with Gasteiger partial charge in [-0.25, -0.2) is 0 Å². The Labute approximate surface area is 187 Å². The first-order chi connectivity index (χ1) is 15.2. The summed E-state index contributed by atoms with van der Waals surface area (Å²) in [6, 6.07) is 9.48. The maximum Gasteiger partial charge on any atom is 0.255 e. The number of carbonyl (C=O) groups excluding carboxylic acids is 1. The maximum absolute atomic E-state index is 12.8. The van der Waals surface area contributed by atoms with Gasteiger partial charge in [0.2, 0.25) is 0 Å². The highest BCUT2D eigenvalue weighted by Gasteiger charge is 2.24. The number of benzene rings is 1. The number of ether oxygens (including phenoxy) is 2. The minimum absolute atomic E-state index is 0.119. The lowest BCUT2D eigenvalue weighted by molar-refractivity contribution is 0.0928. The highest BCUT2D eigenvalue weighted by atomic mass is 32.2. The molecule has 31 heavy (non-hydrogen) atoms. The zero-order valence-corrected chi connectivity index (χ0v) is 18.9. The maximum atomic E-state index is 12.8. The van der Waals surface area contributed by atoms with E-state index in [0.717, 1.165) is 62.2 Å². The third-order valence-electron chi connectivity index (χ3n) is 5.78. The Morgan fingerprint density at radius 2 is 1.61 bits per heavy atom. The number of carbonyl (C=O) groups is 1. The molecule has 0 saturated carbocycles. The van der Waals surface area contributed by atoms with E-state index in [-0.39, 0.29) is 11.9 Å². The normalized spacial score (nSPS) is 17.4. The van der Waals surface area contributed by atoms with Crippen molar-refractivity contribution in [2.24, 2.45) is 0 Å². The van der Waals surface area contributed by atoms with Crippen molar-refractivity contribution in [2.75, 3.05) is 61.7 Å². The number of piperidine rings is 1. The Morgan fingerprint density at radius 3 is 2.19 bits per heavy atom. The number of aromatic nitrogens is 2. The van der Waals surface area contributed by atoms with Gasteiger partial charge in [0.05, 0.1) is 19.8 Å². The molecule has 1 amide bonds. The molecule has 4 rings (SSSR count). The zero-order valence-electron chi connectivity index (χ0n) is 18.0. The lowest BCUT2D eigenvalue weighted by Crippen LogP contribution is -2.45. The van der Waals surface area contributed by atoms with E-state index < -0.39 is 0 Å². The van der Waals surface area contributed by atoms with Crippen molar-refractivity contribution in [1.82, 2.24) is 15.5 Å². The van der Waals surface area contributed by atoms with E-state index >= 15 is 0 Å².